The largest absolute Gasteiger partial charge is 0.491 e. The van der Waals surface area contributed by atoms with Crippen molar-refractivity contribution in [2.45, 2.75) is 63.1 Å². The van der Waals surface area contributed by atoms with E-state index in [0.29, 0.717) is 50.5 Å². The number of hydrogen-bond donors (Lipinski definition) is 3. The number of nitrogens with one attached hydrogen (secondary N) is 2. The zero-order chi connectivity index (χ0) is 22.1. The van der Waals surface area contributed by atoms with Gasteiger partial charge in [0.1, 0.15) is 12.4 Å². The Labute approximate surface area is 184 Å². The number of amides is 3. The fourth-order valence-electron chi connectivity index (χ4n) is 4.18. The predicted molar refractivity (Wildman–Crippen MR) is 117 cm³/mol. The molecule has 0 spiro atoms. The Hall–Kier alpha value is -2.32. The summed E-state index contributed by atoms with van der Waals surface area (Å²) in [6.45, 7) is 1.81. The van der Waals surface area contributed by atoms with Crippen LogP contribution in [0.4, 0.5) is 4.79 Å². The highest BCUT2D eigenvalue weighted by molar-refractivity contribution is 5.94. The molecule has 1 saturated heterocycles. The maximum atomic E-state index is 12.8. The zero-order valence-corrected chi connectivity index (χ0v) is 18.3. The normalized spacial score (nSPS) is 22.5. The van der Waals surface area contributed by atoms with Crippen molar-refractivity contribution in [1.82, 2.24) is 15.5 Å². The van der Waals surface area contributed by atoms with Crippen LogP contribution in [0.15, 0.2) is 24.3 Å². The molecule has 1 aliphatic heterocycles. The summed E-state index contributed by atoms with van der Waals surface area (Å²) in [5.74, 6) is 0.385. The first-order valence-electron chi connectivity index (χ1n) is 11.3. The number of likely N-dealkylation sites (tertiary alicyclic amines) is 1. The molecule has 2 fully saturated rings. The second-order valence-electron chi connectivity index (χ2n) is 8.39. The van der Waals surface area contributed by atoms with Crippen LogP contribution < -0.4 is 15.4 Å². The Bertz CT molecular complexity index is 706. The van der Waals surface area contributed by atoms with Gasteiger partial charge in [-0.25, -0.2) is 4.79 Å². The Balaban J connectivity index is 1.55. The van der Waals surface area contributed by atoms with Crippen molar-refractivity contribution in [2.24, 2.45) is 0 Å². The molecule has 1 aromatic carbocycles. The molecule has 0 aromatic heterocycles. The van der Waals surface area contributed by atoms with Crippen LogP contribution in [0, 0.1) is 0 Å². The minimum Gasteiger partial charge on any atom is -0.491 e. The molecule has 8 nitrogen and oxygen atoms in total. The lowest BCUT2D eigenvalue weighted by Crippen LogP contribution is -2.53. The van der Waals surface area contributed by atoms with E-state index >= 15 is 0 Å². The van der Waals surface area contributed by atoms with Crippen molar-refractivity contribution in [3.05, 3.63) is 29.8 Å². The van der Waals surface area contributed by atoms with E-state index in [1.807, 2.05) is 0 Å². The Morgan fingerprint density at radius 2 is 1.77 bits per heavy atom. The highest BCUT2D eigenvalue weighted by Gasteiger charge is 2.30. The first kappa shape index (κ1) is 23.3. The van der Waals surface area contributed by atoms with Crippen LogP contribution in [0.5, 0.6) is 5.75 Å². The van der Waals surface area contributed by atoms with Crippen LogP contribution in [0.2, 0.25) is 0 Å². The fraction of sp³-hybridized carbons (Fsp3) is 0.652. The Kier molecular flexibility index (Phi) is 8.97. The molecule has 0 radical (unpaired) electrons. The molecular formula is C23H35N3O5. The number of methoxy groups -OCH3 is 1. The van der Waals surface area contributed by atoms with Gasteiger partial charge in [-0.1, -0.05) is 19.3 Å². The lowest BCUT2D eigenvalue weighted by Gasteiger charge is -2.30. The van der Waals surface area contributed by atoms with Gasteiger partial charge in [0.25, 0.3) is 5.91 Å². The average Bonchev–Trinajstić information content (AvgIpc) is 2.96. The van der Waals surface area contributed by atoms with Crippen LogP contribution in [-0.4, -0.2) is 73.5 Å². The molecule has 1 aliphatic carbocycles. The van der Waals surface area contributed by atoms with Gasteiger partial charge in [-0.3, -0.25) is 4.79 Å². The number of benzene rings is 1. The molecule has 1 aromatic rings. The van der Waals surface area contributed by atoms with Crippen LogP contribution in [-0.2, 0) is 4.74 Å². The standard InChI is InChI=1S/C23H35N3O5/c1-30-14-15-31-19-11-9-17(10-12-19)22(28)25-20-16-26(13-5-8-21(20)27)23(29)24-18-6-3-2-4-7-18/h9-12,18,20-21,27H,2-8,13-16H2,1H3,(H,24,29)(H,25,28). The minimum atomic E-state index is -0.687. The summed E-state index contributed by atoms with van der Waals surface area (Å²) in [5, 5.41) is 16.6. The molecule has 8 heteroatoms. The molecule has 2 unspecified atom stereocenters. The van der Waals surface area contributed by atoms with Gasteiger partial charge in [-0.05, 0) is 49.9 Å². The number of hydrogen-bond acceptors (Lipinski definition) is 5. The number of nitrogens with zero attached hydrogens (tertiary/aromatic N) is 1. The molecule has 3 N–H and O–H groups in total. The number of rotatable bonds is 7. The number of aliphatic hydroxyl groups excluding tert-OH is 1. The number of urea groups is 1. The van der Waals surface area contributed by atoms with Crippen LogP contribution in [0.3, 0.4) is 0 Å². The summed E-state index contributed by atoms with van der Waals surface area (Å²) >= 11 is 0. The van der Waals surface area contributed by atoms with Crippen molar-refractivity contribution in [2.75, 3.05) is 33.4 Å². The molecule has 0 bridgehead atoms. The third kappa shape index (κ3) is 7.11. The first-order valence-corrected chi connectivity index (χ1v) is 11.3. The number of carbonyl (C=O) groups excluding carboxylic acids is 2. The molecule has 2 aliphatic rings. The van der Waals surface area contributed by atoms with Gasteiger partial charge in [-0.15, -0.1) is 0 Å². The molecule has 2 atom stereocenters. The lowest BCUT2D eigenvalue weighted by atomic mass is 9.96. The molecule has 172 valence electrons. The average molecular weight is 434 g/mol. The fourth-order valence-corrected chi connectivity index (χ4v) is 4.18. The van der Waals surface area contributed by atoms with E-state index < -0.39 is 12.1 Å². The summed E-state index contributed by atoms with van der Waals surface area (Å²) < 4.78 is 10.5. The molecule has 1 heterocycles. The van der Waals surface area contributed by atoms with E-state index in [4.69, 9.17) is 9.47 Å². The van der Waals surface area contributed by atoms with Gasteiger partial charge in [-0.2, -0.15) is 0 Å². The van der Waals surface area contributed by atoms with Gasteiger partial charge < -0.3 is 30.1 Å². The monoisotopic (exact) mass is 433 g/mol. The summed E-state index contributed by atoms with van der Waals surface area (Å²) in [4.78, 5) is 27.2. The van der Waals surface area contributed by atoms with Crippen molar-refractivity contribution in [3.8, 4) is 5.75 Å². The molecule has 1 saturated carbocycles. The van der Waals surface area contributed by atoms with E-state index in [-0.39, 0.29) is 18.0 Å². The van der Waals surface area contributed by atoms with Crippen LogP contribution in [0.25, 0.3) is 0 Å². The third-order valence-corrected chi connectivity index (χ3v) is 6.02. The number of ether oxygens (including phenoxy) is 2. The topological polar surface area (TPSA) is 100 Å². The van der Waals surface area contributed by atoms with Crippen molar-refractivity contribution < 1.29 is 24.2 Å². The number of carbonyl (C=O) groups is 2. The summed E-state index contributed by atoms with van der Waals surface area (Å²) in [5.41, 5.74) is 0.480. The summed E-state index contributed by atoms with van der Waals surface area (Å²) in [6.07, 6.45) is 6.14. The van der Waals surface area contributed by atoms with Crippen LogP contribution in [0.1, 0.15) is 55.3 Å². The van der Waals surface area contributed by atoms with Crippen LogP contribution >= 0.6 is 0 Å². The van der Waals surface area contributed by atoms with Gasteiger partial charge >= 0.3 is 6.03 Å². The maximum absolute atomic E-state index is 12.8. The quantitative estimate of drug-likeness (QED) is 0.573. The second kappa shape index (κ2) is 11.9. The summed E-state index contributed by atoms with van der Waals surface area (Å²) in [7, 11) is 1.61. The van der Waals surface area contributed by atoms with E-state index in [2.05, 4.69) is 10.6 Å². The first-order chi connectivity index (χ1) is 15.1. The van der Waals surface area contributed by atoms with Crippen molar-refractivity contribution >= 4 is 11.9 Å². The van der Waals surface area contributed by atoms with E-state index in [1.165, 1.54) is 6.42 Å². The van der Waals surface area contributed by atoms with Gasteiger partial charge in [0, 0.05) is 31.8 Å². The predicted octanol–water partition coefficient (Wildman–Crippen LogP) is 2.31. The molecule has 3 rings (SSSR count). The minimum absolute atomic E-state index is 0.0993. The molecular weight excluding hydrogens is 398 g/mol. The highest BCUT2D eigenvalue weighted by Crippen LogP contribution is 2.19. The Morgan fingerprint density at radius 1 is 1.03 bits per heavy atom. The SMILES string of the molecule is COCCOc1ccc(C(=O)NC2CN(C(=O)NC3CCCCC3)CCCC2O)cc1. The third-order valence-electron chi connectivity index (χ3n) is 6.02. The van der Waals surface area contributed by atoms with E-state index in [1.54, 1.807) is 36.3 Å². The highest BCUT2D eigenvalue weighted by atomic mass is 16.5. The smallest absolute Gasteiger partial charge is 0.317 e. The molecule has 3 amide bonds. The lowest BCUT2D eigenvalue weighted by molar-refractivity contribution is 0.0808. The number of aliphatic hydroxyl groups is 1. The van der Waals surface area contributed by atoms with E-state index in [9.17, 15) is 14.7 Å². The van der Waals surface area contributed by atoms with E-state index in [0.717, 1.165) is 25.7 Å². The Morgan fingerprint density at radius 3 is 2.48 bits per heavy atom. The second-order valence-corrected chi connectivity index (χ2v) is 8.39. The van der Waals surface area contributed by atoms with Crippen molar-refractivity contribution in [1.29, 1.82) is 0 Å². The van der Waals surface area contributed by atoms with Gasteiger partial charge in [0.2, 0.25) is 0 Å². The zero-order valence-electron chi connectivity index (χ0n) is 18.3. The summed E-state index contributed by atoms with van der Waals surface area (Å²) in [6, 6.07) is 6.47. The van der Waals surface area contributed by atoms with Gasteiger partial charge in [0.15, 0.2) is 0 Å². The maximum Gasteiger partial charge on any atom is 0.317 e. The molecule has 31 heavy (non-hydrogen) atoms. The van der Waals surface area contributed by atoms with Gasteiger partial charge in [0.05, 0.1) is 18.8 Å². The van der Waals surface area contributed by atoms with Crippen molar-refractivity contribution in [3.63, 3.8) is 0 Å².